The van der Waals surface area contributed by atoms with Crippen LogP contribution in [-0.4, -0.2) is 17.9 Å². The zero-order chi connectivity index (χ0) is 13.1. The van der Waals surface area contributed by atoms with E-state index in [0.29, 0.717) is 5.56 Å². The number of thiophene rings is 1. The van der Waals surface area contributed by atoms with E-state index in [1.54, 1.807) is 23.5 Å². The van der Waals surface area contributed by atoms with E-state index in [1.165, 1.54) is 12.5 Å². The molecule has 0 radical (unpaired) electrons. The SMILES string of the molecule is CC(=O)c1ccc(N(C)Cc2ccsc2)cc1O. The Labute approximate surface area is 110 Å². The number of hydrogen-bond donors (Lipinski definition) is 1. The van der Waals surface area contributed by atoms with Crippen molar-refractivity contribution < 1.29 is 9.90 Å². The largest absolute Gasteiger partial charge is 0.507 e. The molecule has 0 amide bonds. The van der Waals surface area contributed by atoms with Crippen LogP contribution < -0.4 is 4.90 Å². The number of rotatable bonds is 4. The van der Waals surface area contributed by atoms with Gasteiger partial charge in [-0.3, -0.25) is 4.79 Å². The summed E-state index contributed by atoms with van der Waals surface area (Å²) in [5, 5.41) is 13.9. The van der Waals surface area contributed by atoms with Crippen LogP contribution in [0.3, 0.4) is 0 Å². The summed E-state index contributed by atoms with van der Waals surface area (Å²) in [5.41, 5.74) is 2.49. The molecule has 0 fully saturated rings. The third-order valence-corrected chi connectivity index (χ3v) is 3.53. The first kappa shape index (κ1) is 12.6. The fraction of sp³-hybridized carbons (Fsp3) is 0.214. The standard InChI is InChI=1S/C14H15NO2S/c1-10(16)13-4-3-12(7-14(13)17)15(2)8-11-5-6-18-9-11/h3-7,9,17H,8H2,1-2H3. The molecular formula is C14H15NO2S. The van der Waals surface area contributed by atoms with Gasteiger partial charge in [0.1, 0.15) is 5.75 Å². The lowest BCUT2D eigenvalue weighted by Gasteiger charge is -2.19. The Morgan fingerprint density at radius 2 is 2.17 bits per heavy atom. The van der Waals surface area contributed by atoms with Crippen molar-refractivity contribution in [3.8, 4) is 5.75 Å². The van der Waals surface area contributed by atoms with Crippen molar-refractivity contribution in [2.45, 2.75) is 13.5 Å². The number of carbonyl (C=O) groups is 1. The first-order valence-corrected chi connectivity index (χ1v) is 6.58. The Hall–Kier alpha value is -1.81. The highest BCUT2D eigenvalue weighted by molar-refractivity contribution is 7.07. The third kappa shape index (κ3) is 2.71. The Morgan fingerprint density at radius 3 is 2.72 bits per heavy atom. The molecule has 4 heteroatoms. The van der Waals surface area contributed by atoms with Gasteiger partial charge in [0.05, 0.1) is 5.56 Å². The summed E-state index contributed by atoms with van der Waals surface area (Å²) >= 11 is 1.67. The van der Waals surface area contributed by atoms with Crippen molar-refractivity contribution in [3.05, 3.63) is 46.2 Å². The number of benzene rings is 1. The van der Waals surface area contributed by atoms with Crippen molar-refractivity contribution >= 4 is 22.8 Å². The first-order valence-electron chi connectivity index (χ1n) is 5.64. The summed E-state index contributed by atoms with van der Waals surface area (Å²) < 4.78 is 0. The third-order valence-electron chi connectivity index (χ3n) is 2.80. The summed E-state index contributed by atoms with van der Waals surface area (Å²) in [6.07, 6.45) is 0. The predicted molar refractivity (Wildman–Crippen MR) is 74.5 cm³/mol. The second-order valence-corrected chi connectivity index (χ2v) is 5.03. The molecule has 3 nitrogen and oxygen atoms in total. The van der Waals surface area contributed by atoms with E-state index in [0.717, 1.165) is 12.2 Å². The minimum atomic E-state index is -0.125. The Kier molecular flexibility index (Phi) is 3.67. The van der Waals surface area contributed by atoms with Crippen molar-refractivity contribution in [1.29, 1.82) is 0 Å². The number of phenols is 1. The molecule has 94 valence electrons. The highest BCUT2D eigenvalue weighted by Crippen LogP contribution is 2.25. The normalized spacial score (nSPS) is 10.3. The lowest BCUT2D eigenvalue weighted by molar-refractivity contribution is 0.101. The van der Waals surface area contributed by atoms with Crippen LogP contribution in [0.15, 0.2) is 35.0 Å². The molecular weight excluding hydrogens is 246 g/mol. The highest BCUT2D eigenvalue weighted by atomic mass is 32.1. The van der Waals surface area contributed by atoms with Crippen LogP contribution in [0.25, 0.3) is 0 Å². The number of anilines is 1. The van der Waals surface area contributed by atoms with Gasteiger partial charge >= 0.3 is 0 Å². The minimum absolute atomic E-state index is 0.0390. The highest BCUT2D eigenvalue weighted by Gasteiger charge is 2.09. The van der Waals surface area contributed by atoms with Crippen molar-refractivity contribution in [3.63, 3.8) is 0 Å². The average molecular weight is 261 g/mol. The van der Waals surface area contributed by atoms with Gasteiger partial charge in [0.2, 0.25) is 0 Å². The Balaban J connectivity index is 2.18. The second-order valence-electron chi connectivity index (χ2n) is 4.25. The van der Waals surface area contributed by atoms with E-state index in [4.69, 9.17) is 0 Å². The molecule has 18 heavy (non-hydrogen) atoms. The number of hydrogen-bond acceptors (Lipinski definition) is 4. The summed E-state index contributed by atoms with van der Waals surface area (Å²) in [4.78, 5) is 13.3. The smallest absolute Gasteiger partial charge is 0.163 e. The van der Waals surface area contributed by atoms with Gasteiger partial charge in [-0.1, -0.05) is 0 Å². The van der Waals surface area contributed by atoms with Crippen LogP contribution >= 0.6 is 11.3 Å². The van der Waals surface area contributed by atoms with Gasteiger partial charge in [0.15, 0.2) is 5.78 Å². The first-order chi connectivity index (χ1) is 8.58. The number of carbonyl (C=O) groups excluding carboxylic acids is 1. The molecule has 0 aliphatic heterocycles. The molecule has 2 rings (SSSR count). The summed E-state index contributed by atoms with van der Waals surface area (Å²) in [6, 6.07) is 7.22. The van der Waals surface area contributed by atoms with Crippen molar-refractivity contribution in [2.24, 2.45) is 0 Å². The van der Waals surface area contributed by atoms with Crippen LogP contribution in [0.4, 0.5) is 5.69 Å². The van der Waals surface area contributed by atoms with Crippen LogP contribution in [0.1, 0.15) is 22.8 Å². The molecule has 0 saturated heterocycles. The zero-order valence-corrected chi connectivity index (χ0v) is 11.2. The van der Waals surface area contributed by atoms with E-state index >= 15 is 0 Å². The number of Topliss-reactive ketones (excluding diaryl/α,β-unsaturated/α-hetero) is 1. The summed E-state index contributed by atoms with van der Waals surface area (Å²) in [6.45, 7) is 2.23. The quantitative estimate of drug-likeness (QED) is 0.858. The van der Waals surface area contributed by atoms with Gasteiger partial charge < -0.3 is 10.0 Å². The predicted octanol–water partition coefficient (Wildman–Crippen LogP) is 3.29. The molecule has 2 aromatic rings. The molecule has 0 saturated carbocycles. The number of aromatic hydroxyl groups is 1. The van der Waals surface area contributed by atoms with Gasteiger partial charge in [0.25, 0.3) is 0 Å². The van der Waals surface area contributed by atoms with Crippen LogP contribution in [-0.2, 0) is 6.54 Å². The van der Waals surface area contributed by atoms with Gasteiger partial charge in [-0.15, -0.1) is 0 Å². The molecule has 1 N–H and O–H groups in total. The molecule has 1 heterocycles. The van der Waals surface area contributed by atoms with E-state index in [1.807, 2.05) is 23.4 Å². The van der Waals surface area contributed by atoms with Gasteiger partial charge in [-0.05, 0) is 41.4 Å². The maximum atomic E-state index is 11.2. The molecule has 0 atom stereocenters. The molecule has 1 aromatic heterocycles. The van der Waals surface area contributed by atoms with E-state index in [2.05, 4.69) is 11.4 Å². The van der Waals surface area contributed by atoms with Crippen LogP contribution in [0, 0.1) is 0 Å². The lowest BCUT2D eigenvalue weighted by atomic mass is 10.1. The Bertz CT molecular complexity index is 549. The number of nitrogens with zero attached hydrogens (tertiary/aromatic N) is 1. The topological polar surface area (TPSA) is 40.5 Å². The van der Waals surface area contributed by atoms with E-state index in [9.17, 15) is 9.90 Å². The lowest BCUT2D eigenvalue weighted by Crippen LogP contribution is -2.15. The Morgan fingerprint density at radius 1 is 1.39 bits per heavy atom. The van der Waals surface area contributed by atoms with E-state index in [-0.39, 0.29) is 11.5 Å². The molecule has 0 unspecified atom stereocenters. The van der Waals surface area contributed by atoms with Crippen molar-refractivity contribution in [2.75, 3.05) is 11.9 Å². The zero-order valence-electron chi connectivity index (χ0n) is 10.4. The monoisotopic (exact) mass is 261 g/mol. The van der Waals surface area contributed by atoms with Crippen molar-refractivity contribution in [1.82, 2.24) is 0 Å². The van der Waals surface area contributed by atoms with Crippen LogP contribution in [0.5, 0.6) is 5.75 Å². The number of ketones is 1. The number of phenolic OH excluding ortho intramolecular Hbond substituents is 1. The fourth-order valence-electron chi connectivity index (χ4n) is 1.80. The molecule has 1 aromatic carbocycles. The maximum Gasteiger partial charge on any atom is 0.163 e. The maximum absolute atomic E-state index is 11.2. The summed E-state index contributed by atoms with van der Waals surface area (Å²) in [7, 11) is 1.96. The fourth-order valence-corrected chi connectivity index (χ4v) is 2.46. The second kappa shape index (κ2) is 5.23. The van der Waals surface area contributed by atoms with Gasteiger partial charge in [-0.25, -0.2) is 0 Å². The average Bonchev–Trinajstić information content (AvgIpc) is 2.81. The van der Waals surface area contributed by atoms with Gasteiger partial charge in [0, 0.05) is 25.3 Å². The molecule has 0 bridgehead atoms. The van der Waals surface area contributed by atoms with E-state index < -0.39 is 0 Å². The molecule has 0 spiro atoms. The minimum Gasteiger partial charge on any atom is -0.507 e. The van der Waals surface area contributed by atoms with Gasteiger partial charge in [-0.2, -0.15) is 11.3 Å². The summed E-state index contributed by atoms with van der Waals surface area (Å²) in [5.74, 6) is -0.0864. The molecule has 0 aliphatic rings. The van der Waals surface area contributed by atoms with Crippen LogP contribution in [0.2, 0.25) is 0 Å². The molecule has 0 aliphatic carbocycles.